The summed E-state index contributed by atoms with van der Waals surface area (Å²) in [7, 11) is 0. The first-order valence-electron chi connectivity index (χ1n) is 7.40. The molecule has 0 radical (unpaired) electrons. The van der Waals surface area contributed by atoms with Gasteiger partial charge in [-0.15, -0.1) is 0 Å². The molecule has 0 unspecified atom stereocenters. The quantitative estimate of drug-likeness (QED) is 0.668. The van der Waals surface area contributed by atoms with Crippen molar-refractivity contribution in [3.8, 4) is 0 Å². The number of aryl methyl sites for hydroxylation is 1. The molecule has 1 atom stereocenters. The van der Waals surface area contributed by atoms with E-state index in [4.69, 9.17) is 0 Å². The Morgan fingerprint density at radius 2 is 2.33 bits per heavy atom. The molecule has 0 saturated carbocycles. The highest BCUT2D eigenvalue weighted by Gasteiger charge is 2.17. The van der Waals surface area contributed by atoms with E-state index in [0.717, 1.165) is 37.7 Å². The molecule has 1 aliphatic carbocycles. The number of aromatic nitrogens is 4. The largest absolute Gasteiger partial charge is 0.356 e. The zero-order valence-electron chi connectivity index (χ0n) is 11.9. The smallest absolute Gasteiger partial charge is 0.252 e. The van der Waals surface area contributed by atoms with Crippen LogP contribution in [0.2, 0.25) is 0 Å². The molecule has 21 heavy (non-hydrogen) atoms. The van der Waals surface area contributed by atoms with Crippen LogP contribution in [0.5, 0.6) is 0 Å². The minimum Gasteiger partial charge on any atom is -0.356 e. The van der Waals surface area contributed by atoms with Crippen molar-refractivity contribution in [2.75, 3.05) is 6.54 Å². The Morgan fingerprint density at radius 1 is 1.38 bits per heavy atom. The Bertz CT molecular complexity index is 648. The third-order valence-corrected chi connectivity index (χ3v) is 3.77. The van der Waals surface area contributed by atoms with Crippen molar-refractivity contribution < 1.29 is 4.79 Å². The monoisotopic (exact) mass is 285 g/mol. The molecular weight excluding hydrogens is 266 g/mol. The molecule has 1 aliphatic rings. The first-order valence-corrected chi connectivity index (χ1v) is 7.40. The van der Waals surface area contributed by atoms with E-state index >= 15 is 0 Å². The number of allylic oxidation sites excluding steroid dienone is 2. The summed E-state index contributed by atoms with van der Waals surface area (Å²) < 4.78 is 1.67. The Labute approximate surface area is 123 Å². The summed E-state index contributed by atoms with van der Waals surface area (Å²) in [4.78, 5) is 20.2. The van der Waals surface area contributed by atoms with E-state index in [9.17, 15) is 4.79 Å². The molecule has 2 heterocycles. The van der Waals surface area contributed by atoms with Crippen molar-refractivity contribution in [3.05, 3.63) is 36.4 Å². The van der Waals surface area contributed by atoms with Crippen LogP contribution in [0.1, 0.15) is 31.2 Å². The Hall–Kier alpha value is -2.24. The van der Waals surface area contributed by atoms with Crippen LogP contribution in [0.4, 0.5) is 0 Å². The molecule has 0 saturated heterocycles. The average molecular weight is 285 g/mol. The number of hydrogen-bond acceptors (Lipinski definition) is 4. The van der Waals surface area contributed by atoms with E-state index in [2.05, 4.69) is 32.5 Å². The van der Waals surface area contributed by atoms with Crippen LogP contribution in [0.25, 0.3) is 5.78 Å². The number of nitrogens with zero attached hydrogens (tertiary/aromatic N) is 4. The normalized spacial score (nSPS) is 18.0. The molecule has 110 valence electrons. The standard InChI is InChI=1S/C15H19N5O/c21-14(13-6-2-1-3-7-13)16-8-4-5-12-9-17-15-18-11-19-20(15)10-12/h1-2,9-11,13H,3-8H2,(H,16,21)/t13-/m0/s1. The van der Waals surface area contributed by atoms with Crippen LogP contribution < -0.4 is 5.32 Å². The van der Waals surface area contributed by atoms with Crippen LogP contribution in [-0.4, -0.2) is 32.0 Å². The lowest BCUT2D eigenvalue weighted by atomic mass is 9.94. The van der Waals surface area contributed by atoms with E-state index in [0.29, 0.717) is 12.3 Å². The molecule has 0 aliphatic heterocycles. The number of rotatable bonds is 5. The number of nitrogens with one attached hydrogen (secondary N) is 1. The zero-order chi connectivity index (χ0) is 14.5. The Morgan fingerprint density at radius 3 is 3.19 bits per heavy atom. The summed E-state index contributed by atoms with van der Waals surface area (Å²) in [6, 6.07) is 0. The molecule has 0 aromatic carbocycles. The van der Waals surface area contributed by atoms with Crippen molar-refractivity contribution in [1.82, 2.24) is 24.9 Å². The molecule has 2 aromatic heterocycles. The maximum atomic E-state index is 12.0. The first-order chi connectivity index (χ1) is 10.3. The van der Waals surface area contributed by atoms with Crippen molar-refractivity contribution in [3.63, 3.8) is 0 Å². The van der Waals surface area contributed by atoms with Gasteiger partial charge in [0.1, 0.15) is 6.33 Å². The van der Waals surface area contributed by atoms with Gasteiger partial charge in [-0.2, -0.15) is 10.1 Å². The fourth-order valence-electron chi connectivity index (χ4n) is 2.57. The lowest BCUT2D eigenvalue weighted by molar-refractivity contribution is -0.125. The van der Waals surface area contributed by atoms with Gasteiger partial charge in [0.2, 0.25) is 5.91 Å². The summed E-state index contributed by atoms with van der Waals surface area (Å²) in [6.07, 6.45) is 14.1. The van der Waals surface area contributed by atoms with E-state index in [1.807, 2.05) is 12.4 Å². The van der Waals surface area contributed by atoms with Gasteiger partial charge in [0.25, 0.3) is 5.78 Å². The van der Waals surface area contributed by atoms with Crippen LogP contribution in [0.3, 0.4) is 0 Å². The molecule has 0 fully saturated rings. The molecule has 6 nitrogen and oxygen atoms in total. The number of hydrogen-bond donors (Lipinski definition) is 1. The lowest BCUT2D eigenvalue weighted by Gasteiger charge is -2.17. The van der Waals surface area contributed by atoms with Gasteiger partial charge >= 0.3 is 0 Å². The van der Waals surface area contributed by atoms with Gasteiger partial charge in [0, 0.05) is 24.9 Å². The second kappa shape index (κ2) is 6.47. The SMILES string of the molecule is O=C(NCCCc1cnc2ncnn2c1)[C@H]1CC=CCC1. The Balaban J connectivity index is 1.43. The molecule has 0 spiro atoms. The maximum absolute atomic E-state index is 12.0. The van der Waals surface area contributed by atoms with Crippen LogP contribution >= 0.6 is 0 Å². The Kier molecular flexibility index (Phi) is 4.23. The summed E-state index contributed by atoms with van der Waals surface area (Å²) in [6.45, 7) is 0.703. The van der Waals surface area contributed by atoms with Gasteiger partial charge < -0.3 is 5.32 Å². The summed E-state index contributed by atoms with van der Waals surface area (Å²) in [5.41, 5.74) is 1.10. The van der Waals surface area contributed by atoms with Crippen LogP contribution in [-0.2, 0) is 11.2 Å². The zero-order valence-corrected chi connectivity index (χ0v) is 11.9. The average Bonchev–Trinajstić information content (AvgIpc) is 3.00. The molecule has 2 aromatic rings. The highest BCUT2D eigenvalue weighted by atomic mass is 16.1. The fourth-order valence-corrected chi connectivity index (χ4v) is 2.57. The summed E-state index contributed by atoms with van der Waals surface area (Å²) in [5, 5.41) is 7.09. The van der Waals surface area contributed by atoms with Crippen molar-refractivity contribution in [2.24, 2.45) is 5.92 Å². The summed E-state index contributed by atoms with van der Waals surface area (Å²) >= 11 is 0. The van der Waals surface area contributed by atoms with E-state index in [1.54, 1.807) is 4.52 Å². The highest BCUT2D eigenvalue weighted by Crippen LogP contribution is 2.17. The van der Waals surface area contributed by atoms with Gasteiger partial charge in [0.05, 0.1) is 0 Å². The molecular formula is C15H19N5O. The minimum absolute atomic E-state index is 0.156. The van der Waals surface area contributed by atoms with Gasteiger partial charge in [-0.3, -0.25) is 4.79 Å². The topological polar surface area (TPSA) is 72.2 Å². The van der Waals surface area contributed by atoms with Gasteiger partial charge in [-0.05, 0) is 37.7 Å². The molecule has 6 heteroatoms. The van der Waals surface area contributed by atoms with Crippen molar-refractivity contribution >= 4 is 11.7 Å². The van der Waals surface area contributed by atoms with Gasteiger partial charge in [-0.1, -0.05) is 12.2 Å². The van der Waals surface area contributed by atoms with Gasteiger partial charge in [-0.25, -0.2) is 9.50 Å². The molecule has 1 amide bonds. The second-order valence-electron chi connectivity index (χ2n) is 5.34. The van der Waals surface area contributed by atoms with Gasteiger partial charge in [0.15, 0.2) is 0 Å². The number of fused-ring (bicyclic) bond motifs is 1. The highest BCUT2D eigenvalue weighted by molar-refractivity contribution is 5.78. The number of carbonyl (C=O) groups is 1. The minimum atomic E-state index is 0.156. The molecule has 3 rings (SSSR count). The van der Waals surface area contributed by atoms with E-state index in [1.165, 1.54) is 6.33 Å². The maximum Gasteiger partial charge on any atom is 0.252 e. The van der Waals surface area contributed by atoms with Crippen molar-refractivity contribution in [2.45, 2.75) is 32.1 Å². The number of carbonyl (C=O) groups excluding carboxylic acids is 1. The summed E-state index contributed by atoms with van der Waals surface area (Å²) in [5.74, 6) is 0.949. The van der Waals surface area contributed by atoms with Crippen molar-refractivity contribution in [1.29, 1.82) is 0 Å². The van der Waals surface area contributed by atoms with Crippen LogP contribution in [0, 0.1) is 5.92 Å². The van der Waals surface area contributed by atoms with E-state index in [-0.39, 0.29) is 11.8 Å². The fraction of sp³-hybridized carbons (Fsp3) is 0.467. The van der Waals surface area contributed by atoms with E-state index < -0.39 is 0 Å². The lowest BCUT2D eigenvalue weighted by Crippen LogP contribution is -2.32. The second-order valence-corrected chi connectivity index (χ2v) is 5.34. The van der Waals surface area contributed by atoms with Crippen LogP contribution in [0.15, 0.2) is 30.9 Å². The third kappa shape index (κ3) is 3.45. The molecule has 0 bridgehead atoms. The first kappa shape index (κ1) is 13.7. The number of amides is 1. The predicted molar refractivity (Wildman–Crippen MR) is 78.6 cm³/mol. The predicted octanol–water partition coefficient (Wildman–Crippen LogP) is 1.53. The third-order valence-electron chi connectivity index (χ3n) is 3.77. The molecule has 1 N–H and O–H groups in total.